The summed E-state index contributed by atoms with van der Waals surface area (Å²) in [6.45, 7) is 0. The third kappa shape index (κ3) is 2.45. The van der Waals surface area contributed by atoms with Crippen LogP contribution < -0.4 is 11.1 Å². The van der Waals surface area contributed by atoms with Gasteiger partial charge in [-0.15, -0.1) is 11.3 Å². The molecule has 1 fully saturated rings. The number of carbonyl (C=O) groups is 2. The zero-order chi connectivity index (χ0) is 14.0. The lowest BCUT2D eigenvalue weighted by Crippen LogP contribution is -2.21. The number of ether oxygens (including phenoxy) is 1. The zero-order valence-electron chi connectivity index (χ0n) is 11.1. The summed E-state index contributed by atoms with van der Waals surface area (Å²) >= 11 is 1.15. The van der Waals surface area contributed by atoms with Crippen LogP contribution in [0, 0.1) is 0 Å². The highest BCUT2D eigenvalue weighted by molar-refractivity contribution is 7.18. The molecule has 1 heterocycles. The molecule has 104 valence electrons. The van der Waals surface area contributed by atoms with Crippen molar-refractivity contribution in [2.24, 2.45) is 0 Å². The van der Waals surface area contributed by atoms with Crippen LogP contribution in [0.2, 0.25) is 0 Å². The second kappa shape index (κ2) is 5.61. The molecule has 5 nitrogen and oxygen atoms in total. The van der Waals surface area contributed by atoms with E-state index in [0.29, 0.717) is 15.4 Å². The van der Waals surface area contributed by atoms with Crippen LogP contribution in [0.4, 0.5) is 5.00 Å². The van der Waals surface area contributed by atoms with Gasteiger partial charge in [-0.05, 0) is 24.3 Å². The monoisotopic (exact) mass is 282 g/mol. The van der Waals surface area contributed by atoms with E-state index in [1.807, 2.05) is 0 Å². The lowest BCUT2D eigenvalue weighted by Gasteiger charge is -2.12. The molecule has 0 saturated heterocycles. The van der Waals surface area contributed by atoms with Gasteiger partial charge >= 0.3 is 5.97 Å². The number of esters is 1. The summed E-state index contributed by atoms with van der Waals surface area (Å²) in [5, 5.41) is 2.98. The third-order valence-electron chi connectivity index (χ3n) is 3.56. The number of nitrogens with two attached hydrogens (primary N) is 1. The Bertz CT molecular complexity index is 504. The molecule has 0 aromatic carbocycles. The van der Waals surface area contributed by atoms with Crippen LogP contribution in [-0.2, 0) is 4.74 Å². The fourth-order valence-electron chi connectivity index (χ4n) is 2.67. The second-order valence-electron chi connectivity index (χ2n) is 4.64. The van der Waals surface area contributed by atoms with Crippen LogP contribution in [0.5, 0.6) is 0 Å². The van der Waals surface area contributed by atoms with Crippen molar-refractivity contribution in [3.05, 3.63) is 16.0 Å². The average molecular weight is 282 g/mol. The third-order valence-corrected chi connectivity index (χ3v) is 4.58. The van der Waals surface area contributed by atoms with Crippen molar-refractivity contribution >= 4 is 28.2 Å². The van der Waals surface area contributed by atoms with Crippen molar-refractivity contribution in [2.75, 3.05) is 19.9 Å². The molecule has 6 heteroatoms. The van der Waals surface area contributed by atoms with Gasteiger partial charge in [0.2, 0.25) is 0 Å². The first-order chi connectivity index (χ1) is 9.10. The number of methoxy groups -OCH3 is 1. The molecule has 1 aromatic rings. The highest BCUT2D eigenvalue weighted by Crippen LogP contribution is 2.43. The summed E-state index contributed by atoms with van der Waals surface area (Å²) in [5.41, 5.74) is 7.17. The average Bonchev–Trinajstić information content (AvgIpc) is 3.03. The maximum atomic E-state index is 12.0. The Labute approximate surface area is 116 Å². The van der Waals surface area contributed by atoms with Crippen LogP contribution in [0.15, 0.2) is 0 Å². The van der Waals surface area contributed by atoms with Gasteiger partial charge in [-0.3, -0.25) is 4.79 Å². The molecule has 0 bridgehead atoms. The topological polar surface area (TPSA) is 81.4 Å². The van der Waals surface area contributed by atoms with Gasteiger partial charge in [0.25, 0.3) is 5.91 Å². The van der Waals surface area contributed by atoms with Crippen LogP contribution in [0.1, 0.15) is 57.2 Å². The molecule has 19 heavy (non-hydrogen) atoms. The fraction of sp³-hybridized carbons (Fsp3) is 0.538. The lowest BCUT2D eigenvalue weighted by atomic mass is 9.93. The molecule has 1 amide bonds. The summed E-state index contributed by atoms with van der Waals surface area (Å²) in [7, 11) is 2.91. The van der Waals surface area contributed by atoms with E-state index in [0.717, 1.165) is 42.6 Å². The van der Waals surface area contributed by atoms with E-state index in [9.17, 15) is 9.59 Å². The number of nitrogens with one attached hydrogen (secondary N) is 1. The van der Waals surface area contributed by atoms with Crippen LogP contribution in [0.3, 0.4) is 0 Å². The molecular weight excluding hydrogens is 264 g/mol. The predicted octanol–water partition coefficient (Wildman–Crippen LogP) is 2.13. The van der Waals surface area contributed by atoms with Crippen LogP contribution in [0.25, 0.3) is 0 Å². The van der Waals surface area contributed by atoms with Gasteiger partial charge < -0.3 is 15.8 Å². The number of hydrogen-bond acceptors (Lipinski definition) is 5. The SMILES string of the molecule is CNC(=O)c1c(N)sc(C(=O)OC)c1C1CCCC1. The number of anilines is 1. The van der Waals surface area contributed by atoms with Gasteiger partial charge in [-0.1, -0.05) is 12.8 Å². The van der Waals surface area contributed by atoms with Crippen molar-refractivity contribution < 1.29 is 14.3 Å². The Morgan fingerprint density at radius 3 is 2.53 bits per heavy atom. The Kier molecular flexibility index (Phi) is 4.09. The maximum Gasteiger partial charge on any atom is 0.348 e. The molecule has 1 saturated carbocycles. The predicted molar refractivity (Wildman–Crippen MR) is 74.7 cm³/mol. The first kappa shape index (κ1) is 13.9. The Hall–Kier alpha value is -1.56. The maximum absolute atomic E-state index is 12.0. The number of amides is 1. The highest BCUT2D eigenvalue weighted by Gasteiger charge is 2.32. The Balaban J connectivity index is 2.55. The zero-order valence-corrected chi connectivity index (χ0v) is 11.9. The second-order valence-corrected chi connectivity index (χ2v) is 5.69. The summed E-state index contributed by atoms with van der Waals surface area (Å²) in [5.74, 6) is -0.408. The van der Waals surface area contributed by atoms with E-state index in [1.165, 1.54) is 7.11 Å². The smallest absolute Gasteiger partial charge is 0.348 e. The Morgan fingerprint density at radius 1 is 1.37 bits per heavy atom. The number of rotatable bonds is 3. The van der Waals surface area contributed by atoms with Gasteiger partial charge in [0, 0.05) is 7.05 Å². The van der Waals surface area contributed by atoms with E-state index in [1.54, 1.807) is 7.05 Å². The minimum Gasteiger partial charge on any atom is -0.465 e. The van der Waals surface area contributed by atoms with Gasteiger partial charge in [0.1, 0.15) is 4.88 Å². The summed E-state index contributed by atoms with van der Waals surface area (Å²) < 4.78 is 4.80. The summed E-state index contributed by atoms with van der Waals surface area (Å²) in [6, 6.07) is 0. The summed E-state index contributed by atoms with van der Waals surface area (Å²) in [6.07, 6.45) is 4.22. The van der Waals surface area contributed by atoms with Gasteiger partial charge in [-0.25, -0.2) is 4.79 Å². The standard InChI is InChI=1S/C13H18N2O3S/c1-15-12(16)9-8(7-5-3-4-6-7)10(13(17)18-2)19-11(9)14/h7H,3-6,14H2,1-2H3,(H,15,16). The van der Waals surface area contributed by atoms with Gasteiger partial charge in [0.05, 0.1) is 17.7 Å². The molecule has 1 aromatic heterocycles. The van der Waals surface area contributed by atoms with E-state index < -0.39 is 5.97 Å². The van der Waals surface area contributed by atoms with Crippen molar-refractivity contribution in [3.8, 4) is 0 Å². The molecule has 0 atom stereocenters. The largest absolute Gasteiger partial charge is 0.465 e. The van der Waals surface area contributed by atoms with Crippen molar-refractivity contribution in [2.45, 2.75) is 31.6 Å². The van der Waals surface area contributed by atoms with Crippen molar-refractivity contribution in [3.63, 3.8) is 0 Å². The molecule has 0 radical (unpaired) electrons. The number of thiophene rings is 1. The molecular formula is C13H18N2O3S. The molecule has 0 aliphatic heterocycles. The molecule has 2 rings (SSSR count). The van der Waals surface area contributed by atoms with Crippen LogP contribution in [-0.4, -0.2) is 26.0 Å². The molecule has 0 spiro atoms. The first-order valence-electron chi connectivity index (χ1n) is 6.32. The van der Waals surface area contributed by atoms with E-state index >= 15 is 0 Å². The van der Waals surface area contributed by atoms with Gasteiger partial charge in [-0.2, -0.15) is 0 Å². The van der Waals surface area contributed by atoms with E-state index in [4.69, 9.17) is 10.5 Å². The number of hydrogen-bond donors (Lipinski definition) is 2. The first-order valence-corrected chi connectivity index (χ1v) is 7.14. The molecule has 1 aliphatic carbocycles. The van der Waals surface area contributed by atoms with Crippen molar-refractivity contribution in [1.29, 1.82) is 0 Å². The molecule has 1 aliphatic rings. The minimum absolute atomic E-state index is 0.231. The van der Waals surface area contributed by atoms with E-state index in [2.05, 4.69) is 5.32 Å². The number of carbonyl (C=O) groups excluding carboxylic acids is 2. The van der Waals surface area contributed by atoms with Crippen molar-refractivity contribution in [1.82, 2.24) is 5.32 Å². The number of nitrogen functional groups attached to an aromatic ring is 1. The van der Waals surface area contributed by atoms with E-state index in [-0.39, 0.29) is 11.8 Å². The van der Waals surface area contributed by atoms with Gasteiger partial charge in [0.15, 0.2) is 0 Å². The fourth-order valence-corrected chi connectivity index (χ4v) is 3.74. The molecule has 3 N–H and O–H groups in total. The Morgan fingerprint density at radius 2 is 2.00 bits per heavy atom. The lowest BCUT2D eigenvalue weighted by molar-refractivity contribution is 0.0604. The van der Waals surface area contributed by atoms with Crippen LogP contribution >= 0.6 is 11.3 Å². The minimum atomic E-state index is -0.409. The molecule has 0 unspecified atom stereocenters. The highest BCUT2D eigenvalue weighted by atomic mass is 32.1. The normalized spacial score (nSPS) is 15.5. The quantitative estimate of drug-likeness (QED) is 0.832. The summed E-state index contributed by atoms with van der Waals surface area (Å²) in [4.78, 5) is 24.3.